The number of benzene rings is 1. The number of nitrogens with one attached hydrogen (secondary N) is 1. The number of rotatable bonds is 3. The van der Waals surface area contributed by atoms with E-state index in [9.17, 15) is 9.59 Å². The quantitative estimate of drug-likeness (QED) is 0.841. The first-order chi connectivity index (χ1) is 13.0. The first-order valence-electron chi connectivity index (χ1n) is 8.72. The third-order valence-corrected chi connectivity index (χ3v) is 6.04. The molecular formula is C19H19ClN4O2S. The van der Waals surface area contributed by atoms with Gasteiger partial charge in [0.05, 0.1) is 5.70 Å². The minimum absolute atomic E-state index is 0.0334. The monoisotopic (exact) mass is 402 g/mol. The topological polar surface area (TPSA) is 65.0 Å². The molecule has 6 nitrogen and oxygen atoms in total. The number of hydrogen-bond acceptors (Lipinski definition) is 5. The van der Waals surface area contributed by atoms with Crippen LogP contribution in [0.5, 0.6) is 0 Å². The summed E-state index contributed by atoms with van der Waals surface area (Å²) in [5.74, 6) is -0.247. The maximum absolute atomic E-state index is 12.7. The molecule has 3 heterocycles. The minimum Gasteiger partial charge on any atom is -0.335 e. The molecule has 2 amide bonds. The molecular weight excluding hydrogens is 384 g/mol. The number of carbonyl (C=O) groups excluding carboxylic acids is 2. The number of thioether (sulfide) groups is 1. The van der Waals surface area contributed by atoms with Crippen molar-refractivity contribution in [1.82, 2.24) is 15.1 Å². The van der Waals surface area contributed by atoms with E-state index in [0.29, 0.717) is 35.1 Å². The molecule has 3 aliphatic rings. The van der Waals surface area contributed by atoms with Gasteiger partial charge in [-0.3, -0.25) is 14.6 Å². The zero-order chi connectivity index (χ0) is 19.0. The van der Waals surface area contributed by atoms with Gasteiger partial charge in [0.15, 0.2) is 0 Å². The van der Waals surface area contributed by atoms with E-state index in [-0.39, 0.29) is 17.9 Å². The van der Waals surface area contributed by atoms with Gasteiger partial charge < -0.3 is 15.1 Å². The van der Waals surface area contributed by atoms with Crippen LogP contribution in [0.25, 0.3) is 0 Å². The molecule has 4 rings (SSSR count). The molecule has 0 saturated carbocycles. The highest BCUT2D eigenvalue weighted by atomic mass is 35.5. The maximum atomic E-state index is 12.7. The summed E-state index contributed by atoms with van der Waals surface area (Å²) in [5, 5.41) is 5.37. The lowest BCUT2D eigenvalue weighted by Gasteiger charge is -2.32. The van der Waals surface area contributed by atoms with Gasteiger partial charge in [0, 0.05) is 41.7 Å². The Morgan fingerprint density at radius 2 is 1.89 bits per heavy atom. The third kappa shape index (κ3) is 3.81. The molecule has 1 aromatic rings. The zero-order valence-corrected chi connectivity index (χ0v) is 16.4. The van der Waals surface area contributed by atoms with Crippen molar-refractivity contribution in [3.8, 4) is 0 Å². The van der Waals surface area contributed by atoms with Crippen molar-refractivity contribution in [3.05, 3.63) is 56.9 Å². The van der Waals surface area contributed by atoms with Crippen molar-refractivity contribution in [3.63, 3.8) is 0 Å². The Labute approximate surface area is 166 Å². The number of aliphatic imine (C=N–C) groups is 1. The predicted octanol–water partition coefficient (Wildman–Crippen LogP) is 2.14. The van der Waals surface area contributed by atoms with Crippen molar-refractivity contribution in [1.29, 1.82) is 0 Å². The van der Waals surface area contributed by atoms with Gasteiger partial charge in [0.2, 0.25) is 0 Å². The van der Waals surface area contributed by atoms with E-state index in [4.69, 9.17) is 11.6 Å². The molecule has 1 fully saturated rings. The molecule has 1 aromatic carbocycles. The average molecular weight is 403 g/mol. The Morgan fingerprint density at radius 1 is 1.19 bits per heavy atom. The van der Waals surface area contributed by atoms with Gasteiger partial charge in [0.1, 0.15) is 11.8 Å². The first-order valence-corrected chi connectivity index (χ1v) is 9.98. The Hall–Kier alpha value is -2.09. The molecule has 0 spiro atoms. The van der Waals surface area contributed by atoms with Crippen LogP contribution in [0.15, 0.2) is 51.3 Å². The molecule has 0 aliphatic carbocycles. The number of carbonyl (C=O) groups is 2. The van der Waals surface area contributed by atoms with E-state index in [2.05, 4.69) is 22.3 Å². The Kier molecular flexibility index (Phi) is 5.08. The smallest absolute Gasteiger partial charge is 0.272 e. The van der Waals surface area contributed by atoms with E-state index in [0.717, 1.165) is 18.0 Å². The number of hydrogen-bond donors (Lipinski definition) is 1. The fourth-order valence-corrected chi connectivity index (χ4v) is 4.23. The molecule has 0 radical (unpaired) electrons. The standard InChI is InChI=1S/C19H19ClN4O2S/c1-23-6-8-24(9-7-23)19(26)14-10-16-17(21-14)15(11-27-16)22-18(25)12-2-4-13(20)5-3-12/h2-5,10-11,17H,6-9H2,1H3,(H,22,25). The van der Waals surface area contributed by atoms with Crippen molar-refractivity contribution in [2.75, 3.05) is 33.2 Å². The number of amides is 2. The summed E-state index contributed by atoms with van der Waals surface area (Å²) in [6.07, 6.45) is 1.84. The van der Waals surface area contributed by atoms with Crippen molar-refractivity contribution in [2.24, 2.45) is 4.99 Å². The number of halogens is 1. The SMILES string of the molecule is CN1CCN(C(=O)C2=NC3C(NC(=O)c4ccc(Cl)cc4)=CSC3=C2)CC1. The lowest BCUT2D eigenvalue weighted by atomic mass is 10.2. The molecule has 140 valence electrons. The van der Waals surface area contributed by atoms with Crippen molar-refractivity contribution >= 4 is 40.9 Å². The van der Waals surface area contributed by atoms with Crippen molar-refractivity contribution in [2.45, 2.75) is 6.04 Å². The maximum Gasteiger partial charge on any atom is 0.272 e. The number of likely N-dealkylation sites (N-methyl/N-ethyl adjacent to an activating group) is 1. The number of piperazine rings is 1. The fourth-order valence-electron chi connectivity index (χ4n) is 3.16. The summed E-state index contributed by atoms with van der Waals surface area (Å²) in [4.78, 5) is 34.8. The highest BCUT2D eigenvalue weighted by molar-refractivity contribution is 8.06. The second-order valence-electron chi connectivity index (χ2n) is 6.71. The molecule has 1 saturated heterocycles. The van der Waals surface area contributed by atoms with Crippen molar-refractivity contribution < 1.29 is 9.59 Å². The van der Waals surface area contributed by atoms with Gasteiger partial charge in [-0.2, -0.15) is 0 Å². The minimum atomic E-state index is -0.294. The molecule has 0 bridgehead atoms. The second-order valence-corrected chi connectivity index (χ2v) is 8.09. The third-order valence-electron chi connectivity index (χ3n) is 4.81. The van der Waals surface area contributed by atoms with E-state index in [1.54, 1.807) is 24.3 Å². The summed E-state index contributed by atoms with van der Waals surface area (Å²) in [7, 11) is 2.05. The fraction of sp³-hybridized carbons (Fsp3) is 0.316. The Morgan fingerprint density at radius 3 is 2.59 bits per heavy atom. The van der Waals surface area contributed by atoms with E-state index < -0.39 is 0 Å². The highest BCUT2D eigenvalue weighted by Crippen LogP contribution is 2.38. The van der Waals surface area contributed by atoms with Crippen LogP contribution in [0.2, 0.25) is 5.02 Å². The normalized spacial score (nSPS) is 22.1. The molecule has 3 aliphatic heterocycles. The molecule has 0 aromatic heterocycles. The average Bonchev–Trinajstić information content (AvgIpc) is 3.24. The van der Waals surface area contributed by atoms with Crippen LogP contribution in [-0.2, 0) is 4.79 Å². The summed E-state index contributed by atoms with van der Waals surface area (Å²) in [6, 6.07) is 6.42. The summed E-state index contributed by atoms with van der Waals surface area (Å²) in [5.41, 5.74) is 1.70. The molecule has 8 heteroatoms. The van der Waals surface area contributed by atoms with Crippen LogP contribution in [-0.4, -0.2) is 66.6 Å². The summed E-state index contributed by atoms with van der Waals surface area (Å²) >= 11 is 7.37. The van der Waals surface area contributed by atoms with E-state index >= 15 is 0 Å². The van der Waals surface area contributed by atoms with Gasteiger partial charge in [-0.15, -0.1) is 0 Å². The van der Waals surface area contributed by atoms with Gasteiger partial charge in [-0.1, -0.05) is 23.4 Å². The zero-order valence-electron chi connectivity index (χ0n) is 14.8. The summed E-state index contributed by atoms with van der Waals surface area (Å²) in [6.45, 7) is 3.17. The molecule has 1 unspecified atom stereocenters. The largest absolute Gasteiger partial charge is 0.335 e. The van der Waals surface area contributed by atoms with Crippen LogP contribution < -0.4 is 5.32 Å². The van der Waals surface area contributed by atoms with Gasteiger partial charge in [0.25, 0.3) is 11.8 Å². The number of nitrogens with zero attached hydrogens (tertiary/aromatic N) is 3. The predicted molar refractivity (Wildman–Crippen MR) is 108 cm³/mol. The number of fused-ring (bicyclic) bond motifs is 1. The molecule has 1 atom stereocenters. The first kappa shape index (κ1) is 18.3. The van der Waals surface area contributed by atoms with Crippen LogP contribution >= 0.6 is 23.4 Å². The van der Waals surface area contributed by atoms with Crippen LogP contribution in [0, 0.1) is 0 Å². The lowest BCUT2D eigenvalue weighted by Crippen LogP contribution is -2.49. The molecule has 1 N–H and O–H groups in total. The van der Waals surface area contributed by atoms with E-state index in [1.165, 1.54) is 11.8 Å². The highest BCUT2D eigenvalue weighted by Gasteiger charge is 2.34. The van der Waals surface area contributed by atoms with Gasteiger partial charge in [-0.05, 0) is 42.8 Å². The second kappa shape index (κ2) is 7.50. The summed E-state index contributed by atoms with van der Waals surface area (Å²) < 4.78 is 0. The van der Waals surface area contributed by atoms with Gasteiger partial charge in [-0.25, -0.2) is 0 Å². The van der Waals surface area contributed by atoms with Gasteiger partial charge >= 0.3 is 0 Å². The van der Waals surface area contributed by atoms with Crippen LogP contribution in [0.3, 0.4) is 0 Å². The lowest BCUT2D eigenvalue weighted by molar-refractivity contribution is -0.125. The van der Waals surface area contributed by atoms with Crippen LogP contribution in [0.4, 0.5) is 0 Å². The Balaban J connectivity index is 1.43. The van der Waals surface area contributed by atoms with Crippen LogP contribution in [0.1, 0.15) is 10.4 Å². The van der Waals surface area contributed by atoms with E-state index in [1.807, 2.05) is 16.4 Å². The molecule has 27 heavy (non-hydrogen) atoms. The Bertz CT molecular complexity index is 870.